The third kappa shape index (κ3) is 1.37. The monoisotopic (exact) mass is 261 g/mol. The van der Waals surface area contributed by atoms with Crippen molar-refractivity contribution < 1.29 is 9.59 Å². The molecule has 2 aliphatic rings. The lowest BCUT2D eigenvalue weighted by Gasteiger charge is -2.22. The number of carbonyl (C=O) groups excluding carboxylic acids is 2. The number of Topliss-reactive ketones (excluding diaryl/α,β-unsaturated/α-hetero) is 2. The Labute approximate surface area is 116 Å². The van der Waals surface area contributed by atoms with Gasteiger partial charge in [0.15, 0.2) is 0 Å². The molecule has 2 aromatic rings. The average molecular weight is 261 g/mol. The lowest BCUT2D eigenvalue weighted by atomic mass is 9.81. The molecule has 0 radical (unpaired) electrons. The molecular weight excluding hydrogens is 250 g/mol. The molecular formula is C17H11NO2. The first-order chi connectivity index (χ1) is 9.77. The van der Waals surface area contributed by atoms with Crippen molar-refractivity contribution in [1.82, 2.24) is 4.98 Å². The lowest BCUT2D eigenvalue weighted by Crippen LogP contribution is -2.23. The van der Waals surface area contributed by atoms with Gasteiger partial charge < -0.3 is 0 Å². The maximum Gasteiger partial charge on any atom is 0.235 e. The van der Waals surface area contributed by atoms with Gasteiger partial charge in [-0.3, -0.25) is 14.6 Å². The molecule has 0 saturated carbocycles. The number of ketones is 2. The van der Waals surface area contributed by atoms with Crippen LogP contribution < -0.4 is 0 Å². The third-order valence-electron chi connectivity index (χ3n) is 3.94. The first-order valence-corrected chi connectivity index (χ1v) is 6.64. The standard InChI is InChI=1S/C17H11NO2/c19-16-13-6-3-9-18-15(13)12-8-7-10-4-1-2-5-11(10)14(12)17(16)20/h2-3,5-9H,1,4H2. The van der Waals surface area contributed by atoms with Gasteiger partial charge in [-0.1, -0.05) is 24.3 Å². The highest BCUT2D eigenvalue weighted by molar-refractivity contribution is 6.53. The van der Waals surface area contributed by atoms with Crippen molar-refractivity contribution in [2.75, 3.05) is 0 Å². The molecule has 0 amide bonds. The molecule has 2 aliphatic carbocycles. The number of hydrogen-bond acceptors (Lipinski definition) is 3. The summed E-state index contributed by atoms with van der Waals surface area (Å²) >= 11 is 0. The van der Waals surface area contributed by atoms with Crippen LogP contribution in [0.25, 0.3) is 17.3 Å². The van der Waals surface area contributed by atoms with E-state index in [1.807, 2.05) is 24.3 Å². The van der Waals surface area contributed by atoms with Crippen LogP contribution in [0.15, 0.2) is 36.5 Å². The number of aromatic nitrogens is 1. The third-order valence-corrected chi connectivity index (χ3v) is 3.94. The smallest absolute Gasteiger partial charge is 0.235 e. The maximum atomic E-state index is 12.4. The molecule has 4 rings (SSSR count). The fourth-order valence-electron chi connectivity index (χ4n) is 2.99. The highest BCUT2D eigenvalue weighted by atomic mass is 16.2. The van der Waals surface area contributed by atoms with Crippen LogP contribution in [0.3, 0.4) is 0 Å². The Morgan fingerprint density at radius 2 is 1.90 bits per heavy atom. The summed E-state index contributed by atoms with van der Waals surface area (Å²) in [6.07, 6.45) is 7.55. The number of fused-ring (bicyclic) bond motifs is 5. The van der Waals surface area contributed by atoms with Gasteiger partial charge in [0.1, 0.15) is 0 Å². The molecule has 3 heteroatoms. The Morgan fingerprint density at radius 1 is 1.00 bits per heavy atom. The summed E-state index contributed by atoms with van der Waals surface area (Å²) in [5.74, 6) is -0.864. The molecule has 1 aromatic heterocycles. The van der Waals surface area contributed by atoms with E-state index in [4.69, 9.17) is 0 Å². The zero-order valence-electron chi connectivity index (χ0n) is 10.7. The lowest BCUT2D eigenvalue weighted by molar-refractivity contribution is 0.0815. The molecule has 0 bridgehead atoms. The fourth-order valence-corrected chi connectivity index (χ4v) is 2.99. The van der Waals surface area contributed by atoms with Crippen LogP contribution in [-0.2, 0) is 6.42 Å². The van der Waals surface area contributed by atoms with Gasteiger partial charge >= 0.3 is 0 Å². The van der Waals surface area contributed by atoms with Crippen LogP contribution >= 0.6 is 0 Å². The van der Waals surface area contributed by atoms with E-state index in [0.717, 1.165) is 29.5 Å². The van der Waals surface area contributed by atoms with Crippen molar-refractivity contribution in [2.24, 2.45) is 0 Å². The number of hydrogen-bond donors (Lipinski definition) is 0. The Balaban J connectivity index is 2.11. The highest BCUT2D eigenvalue weighted by Gasteiger charge is 2.33. The minimum atomic E-state index is -0.451. The van der Waals surface area contributed by atoms with E-state index < -0.39 is 11.6 Å². The molecule has 1 aromatic carbocycles. The van der Waals surface area contributed by atoms with Crippen molar-refractivity contribution >= 4 is 17.6 Å². The van der Waals surface area contributed by atoms with E-state index in [-0.39, 0.29) is 0 Å². The molecule has 0 spiro atoms. The average Bonchev–Trinajstić information content (AvgIpc) is 2.51. The normalized spacial score (nSPS) is 15.6. The van der Waals surface area contributed by atoms with Crippen LogP contribution in [0.5, 0.6) is 0 Å². The summed E-state index contributed by atoms with van der Waals surface area (Å²) in [4.78, 5) is 29.0. The maximum absolute atomic E-state index is 12.4. The zero-order chi connectivity index (χ0) is 13.7. The molecule has 20 heavy (non-hydrogen) atoms. The molecule has 1 heterocycles. The topological polar surface area (TPSA) is 47.0 Å². The van der Waals surface area contributed by atoms with Gasteiger partial charge in [0, 0.05) is 17.3 Å². The van der Waals surface area contributed by atoms with Gasteiger partial charge in [-0.05, 0) is 36.1 Å². The first kappa shape index (κ1) is 11.3. The van der Waals surface area contributed by atoms with Gasteiger partial charge in [0.2, 0.25) is 11.6 Å². The van der Waals surface area contributed by atoms with Crippen LogP contribution in [-0.4, -0.2) is 16.6 Å². The number of benzene rings is 1. The van der Waals surface area contributed by atoms with E-state index in [0.29, 0.717) is 16.8 Å². The molecule has 96 valence electrons. The van der Waals surface area contributed by atoms with Crippen LogP contribution in [0.2, 0.25) is 0 Å². The van der Waals surface area contributed by atoms with Gasteiger partial charge in [-0.25, -0.2) is 0 Å². The van der Waals surface area contributed by atoms with E-state index in [1.54, 1.807) is 18.3 Å². The van der Waals surface area contributed by atoms with Crippen molar-refractivity contribution in [3.8, 4) is 11.3 Å². The molecule has 0 atom stereocenters. The molecule has 0 aliphatic heterocycles. The molecule has 0 saturated heterocycles. The first-order valence-electron chi connectivity index (χ1n) is 6.64. The Hall–Kier alpha value is -2.55. The number of nitrogens with zero attached hydrogens (tertiary/aromatic N) is 1. The second kappa shape index (κ2) is 3.97. The minimum absolute atomic E-state index is 0.407. The predicted octanol–water partition coefficient (Wildman–Crippen LogP) is 3.09. The van der Waals surface area contributed by atoms with Gasteiger partial charge in [-0.15, -0.1) is 0 Å². The Kier molecular flexibility index (Phi) is 2.24. The predicted molar refractivity (Wildman–Crippen MR) is 75.7 cm³/mol. The van der Waals surface area contributed by atoms with E-state index in [1.165, 1.54) is 0 Å². The van der Waals surface area contributed by atoms with Crippen LogP contribution in [0, 0.1) is 0 Å². The van der Waals surface area contributed by atoms with Crippen molar-refractivity contribution in [1.29, 1.82) is 0 Å². The summed E-state index contributed by atoms with van der Waals surface area (Å²) in [5, 5.41) is 0. The summed E-state index contributed by atoms with van der Waals surface area (Å²) in [7, 11) is 0. The number of pyridine rings is 1. The second-order valence-electron chi connectivity index (χ2n) is 5.06. The Morgan fingerprint density at radius 3 is 2.80 bits per heavy atom. The van der Waals surface area contributed by atoms with Crippen molar-refractivity contribution in [2.45, 2.75) is 12.8 Å². The largest absolute Gasteiger partial charge is 0.285 e. The van der Waals surface area contributed by atoms with E-state index >= 15 is 0 Å². The van der Waals surface area contributed by atoms with Gasteiger partial charge in [0.05, 0.1) is 11.3 Å². The van der Waals surface area contributed by atoms with E-state index in [9.17, 15) is 9.59 Å². The summed E-state index contributed by atoms with van der Waals surface area (Å²) in [5.41, 5.74) is 4.35. The molecule has 0 unspecified atom stereocenters. The Bertz CT molecular complexity index is 803. The SMILES string of the molecule is O=C1C(=O)c2c(ccc3c2C=CCC3)-c2ncccc21. The summed E-state index contributed by atoms with van der Waals surface area (Å²) in [6, 6.07) is 7.32. The number of carbonyl (C=O) groups is 2. The van der Waals surface area contributed by atoms with Crippen LogP contribution in [0.4, 0.5) is 0 Å². The molecule has 3 nitrogen and oxygen atoms in total. The summed E-state index contributed by atoms with van der Waals surface area (Å²) < 4.78 is 0. The second-order valence-corrected chi connectivity index (χ2v) is 5.06. The van der Waals surface area contributed by atoms with Crippen molar-refractivity contribution in [3.05, 3.63) is 58.8 Å². The molecule has 0 fully saturated rings. The number of rotatable bonds is 0. The van der Waals surface area contributed by atoms with Gasteiger partial charge in [-0.2, -0.15) is 0 Å². The minimum Gasteiger partial charge on any atom is -0.285 e. The molecule has 0 N–H and O–H groups in total. The van der Waals surface area contributed by atoms with Crippen molar-refractivity contribution in [3.63, 3.8) is 0 Å². The van der Waals surface area contributed by atoms with Crippen LogP contribution in [0.1, 0.15) is 38.3 Å². The fraction of sp³-hybridized carbons (Fsp3) is 0.118. The highest BCUT2D eigenvalue weighted by Crippen LogP contribution is 2.36. The quantitative estimate of drug-likeness (QED) is 0.685. The summed E-state index contributed by atoms with van der Waals surface area (Å²) in [6.45, 7) is 0. The van der Waals surface area contributed by atoms with E-state index in [2.05, 4.69) is 4.98 Å². The zero-order valence-corrected chi connectivity index (χ0v) is 10.7. The van der Waals surface area contributed by atoms with Gasteiger partial charge in [0.25, 0.3) is 0 Å². The number of allylic oxidation sites excluding steroid dienone is 1. The number of aryl methyl sites for hydroxylation is 1.